The van der Waals surface area contributed by atoms with E-state index in [2.05, 4.69) is 205 Å². The van der Waals surface area contributed by atoms with E-state index in [1.807, 2.05) is 0 Å². The van der Waals surface area contributed by atoms with Crippen LogP contribution >= 0.6 is 0 Å². The molecule has 0 unspecified atom stereocenters. The molecule has 2 heteroatoms. The molecule has 0 heterocycles. The molecule has 0 spiro atoms. The maximum absolute atomic E-state index is 2.40. The Labute approximate surface area is 276 Å². The molecule has 0 aliphatic carbocycles. The highest BCUT2D eigenvalue weighted by atomic mass is 15.2. The molecule has 0 aliphatic heterocycles. The zero-order chi connectivity index (χ0) is 31.6. The Hall–Kier alpha value is -6.12. The number of benzene rings is 8. The molecule has 0 aliphatic rings. The van der Waals surface area contributed by atoms with Crippen LogP contribution in [0.5, 0.6) is 0 Å². The molecule has 8 rings (SSSR count). The van der Waals surface area contributed by atoms with Crippen molar-refractivity contribution < 1.29 is 0 Å². The average Bonchev–Trinajstić information content (AvgIpc) is 3.14. The fraction of sp³-hybridized carbons (Fsp3) is 0.0222. The average molecular weight is 603 g/mol. The Bertz CT molecular complexity index is 2200. The van der Waals surface area contributed by atoms with Crippen molar-refractivity contribution in [2.75, 3.05) is 9.80 Å². The Balaban J connectivity index is 1.24. The standard InChI is InChI=1S/C45H34N2/c1-33-21-23-34(24-22-33)35-25-27-39(28-26-35)46(38-15-3-2-4-16-38)40-29-31-41(32-30-40)47(44-19-9-13-36-11-5-7-17-42(36)44)45-20-10-14-37-12-6-8-18-43(37)45/h2-32H,1H3. The van der Waals surface area contributed by atoms with Gasteiger partial charge in [-0.05, 0) is 89.5 Å². The van der Waals surface area contributed by atoms with Crippen molar-refractivity contribution in [1.82, 2.24) is 0 Å². The van der Waals surface area contributed by atoms with Gasteiger partial charge >= 0.3 is 0 Å². The van der Waals surface area contributed by atoms with E-state index in [9.17, 15) is 0 Å². The largest absolute Gasteiger partial charge is 0.311 e. The van der Waals surface area contributed by atoms with E-state index in [1.165, 1.54) is 38.2 Å². The maximum Gasteiger partial charge on any atom is 0.0540 e. The molecule has 0 atom stereocenters. The molecule has 224 valence electrons. The predicted octanol–water partition coefficient (Wildman–Crippen LogP) is 12.9. The highest BCUT2D eigenvalue weighted by Gasteiger charge is 2.19. The van der Waals surface area contributed by atoms with Crippen LogP contribution in [0.25, 0.3) is 32.7 Å². The second kappa shape index (κ2) is 12.3. The van der Waals surface area contributed by atoms with Gasteiger partial charge in [0.15, 0.2) is 0 Å². The molecule has 0 amide bonds. The summed E-state index contributed by atoms with van der Waals surface area (Å²) in [7, 11) is 0. The molecule has 8 aromatic carbocycles. The summed E-state index contributed by atoms with van der Waals surface area (Å²) in [6.07, 6.45) is 0. The van der Waals surface area contributed by atoms with Crippen LogP contribution < -0.4 is 9.80 Å². The van der Waals surface area contributed by atoms with Crippen LogP contribution in [0.4, 0.5) is 34.1 Å². The van der Waals surface area contributed by atoms with Crippen LogP contribution in [0.15, 0.2) is 188 Å². The number of hydrogen-bond donors (Lipinski definition) is 0. The lowest BCUT2D eigenvalue weighted by molar-refractivity contribution is 1.27. The minimum atomic E-state index is 1.10. The Morgan fingerprint density at radius 3 is 1.21 bits per heavy atom. The van der Waals surface area contributed by atoms with Gasteiger partial charge in [-0.3, -0.25) is 0 Å². The Morgan fingerprint density at radius 1 is 0.298 bits per heavy atom. The van der Waals surface area contributed by atoms with Gasteiger partial charge in [0.25, 0.3) is 0 Å². The van der Waals surface area contributed by atoms with E-state index in [-0.39, 0.29) is 0 Å². The number of hydrogen-bond acceptors (Lipinski definition) is 2. The molecule has 0 fully saturated rings. The molecule has 0 bridgehead atoms. The second-order valence-corrected chi connectivity index (χ2v) is 11.9. The van der Waals surface area contributed by atoms with E-state index in [4.69, 9.17) is 0 Å². The Kier molecular flexibility index (Phi) is 7.45. The van der Waals surface area contributed by atoms with Crippen molar-refractivity contribution in [3.05, 3.63) is 194 Å². The first kappa shape index (κ1) is 28.4. The molecule has 0 saturated carbocycles. The normalized spacial score (nSPS) is 11.1. The lowest BCUT2D eigenvalue weighted by Gasteiger charge is -2.30. The summed E-state index contributed by atoms with van der Waals surface area (Å²) in [5.74, 6) is 0. The molecule has 47 heavy (non-hydrogen) atoms. The number of aryl methyl sites for hydroxylation is 1. The van der Waals surface area contributed by atoms with Gasteiger partial charge in [0.05, 0.1) is 11.4 Å². The first-order valence-electron chi connectivity index (χ1n) is 16.1. The molecular weight excluding hydrogens is 569 g/mol. The van der Waals surface area contributed by atoms with Crippen LogP contribution in [0, 0.1) is 6.92 Å². The maximum atomic E-state index is 2.40. The number of para-hydroxylation sites is 1. The predicted molar refractivity (Wildman–Crippen MR) is 201 cm³/mol. The van der Waals surface area contributed by atoms with Crippen molar-refractivity contribution >= 4 is 55.7 Å². The lowest BCUT2D eigenvalue weighted by atomic mass is 10.0. The molecule has 2 nitrogen and oxygen atoms in total. The third-order valence-corrected chi connectivity index (χ3v) is 8.91. The summed E-state index contributed by atoms with van der Waals surface area (Å²) in [4.78, 5) is 4.72. The molecule has 0 aromatic heterocycles. The van der Waals surface area contributed by atoms with E-state index in [1.54, 1.807) is 0 Å². The van der Waals surface area contributed by atoms with E-state index in [0.717, 1.165) is 34.1 Å². The Morgan fingerprint density at radius 2 is 0.681 bits per heavy atom. The van der Waals surface area contributed by atoms with Crippen LogP contribution in [-0.2, 0) is 0 Å². The highest BCUT2D eigenvalue weighted by molar-refractivity contribution is 6.04. The minimum Gasteiger partial charge on any atom is -0.311 e. The molecular formula is C45H34N2. The first-order chi connectivity index (χ1) is 23.2. The SMILES string of the molecule is Cc1ccc(-c2ccc(N(c3ccccc3)c3ccc(N(c4cccc5ccccc45)c4cccc5ccccc45)cc3)cc2)cc1. The molecule has 0 saturated heterocycles. The van der Waals surface area contributed by atoms with Gasteiger partial charge in [-0.15, -0.1) is 0 Å². The monoisotopic (exact) mass is 602 g/mol. The first-order valence-corrected chi connectivity index (χ1v) is 16.1. The smallest absolute Gasteiger partial charge is 0.0540 e. The fourth-order valence-corrected chi connectivity index (χ4v) is 6.54. The number of fused-ring (bicyclic) bond motifs is 2. The highest BCUT2D eigenvalue weighted by Crippen LogP contribution is 2.43. The van der Waals surface area contributed by atoms with E-state index in [0.29, 0.717) is 0 Å². The molecule has 0 radical (unpaired) electrons. The van der Waals surface area contributed by atoms with Gasteiger partial charge in [-0.2, -0.15) is 0 Å². The topological polar surface area (TPSA) is 6.48 Å². The van der Waals surface area contributed by atoms with Crippen LogP contribution in [0.2, 0.25) is 0 Å². The van der Waals surface area contributed by atoms with Crippen molar-refractivity contribution in [1.29, 1.82) is 0 Å². The van der Waals surface area contributed by atoms with Gasteiger partial charge in [-0.25, -0.2) is 0 Å². The summed E-state index contributed by atoms with van der Waals surface area (Å²) in [5, 5.41) is 4.87. The number of rotatable bonds is 7. The summed E-state index contributed by atoms with van der Waals surface area (Å²) in [5.41, 5.74) is 10.4. The zero-order valence-electron chi connectivity index (χ0n) is 26.3. The van der Waals surface area contributed by atoms with Crippen molar-refractivity contribution in [3.63, 3.8) is 0 Å². The summed E-state index contributed by atoms with van der Waals surface area (Å²) in [6, 6.07) is 67.5. The zero-order valence-corrected chi connectivity index (χ0v) is 26.3. The van der Waals surface area contributed by atoms with Gasteiger partial charge in [0.2, 0.25) is 0 Å². The van der Waals surface area contributed by atoms with Crippen LogP contribution in [0.1, 0.15) is 5.56 Å². The second-order valence-electron chi connectivity index (χ2n) is 11.9. The molecule has 8 aromatic rings. The molecule has 0 N–H and O–H groups in total. The minimum absolute atomic E-state index is 1.10. The van der Waals surface area contributed by atoms with Gasteiger partial charge in [0.1, 0.15) is 0 Å². The third kappa shape index (κ3) is 5.51. The van der Waals surface area contributed by atoms with Crippen molar-refractivity contribution in [2.45, 2.75) is 6.92 Å². The van der Waals surface area contributed by atoms with Crippen molar-refractivity contribution in [2.24, 2.45) is 0 Å². The van der Waals surface area contributed by atoms with Crippen LogP contribution in [-0.4, -0.2) is 0 Å². The van der Waals surface area contributed by atoms with E-state index >= 15 is 0 Å². The van der Waals surface area contributed by atoms with Crippen molar-refractivity contribution in [3.8, 4) is 11.1 Å². The summed E-state index contributed by atoms with van der Waals surface area (Å²) in [6.45, 7) is 2.12. The van der Waals surface area contributed by atoms with Gasteiger partial charge in [-0.1, -0.05) is 133 Å². The third-order valence-electron chi connectivity index (χ3n) is 8.91. The summed E-state index contributed by atoms with van der Waals surface area (Å²) < 4.78 is 0. The van der Waals surface area contributed by atoms with Gasteiger partial charge in [0, 0.05) is 33.5 Å². The number of anilines is 6. The van der Waals surface area contributed by atoms with E-state index < -0.39 is 0 Å². The van der Waals surface area contributed by atoms with Gasteiger partial charge < -0.3 is 9.80 Å². The quantitative estimate of drug-likeness (QED) is 0.179. The lowest BCUT2D eigenvalue weighted by Crippen LogP contribution is -2.12. The summed E-state index contributed by atoms with van der Waals surface area (Å²) >= 11 is 0. The fourth-order valence-electron chi connectivity index (χ4n) is 6.54. The number of nitrogens with zero attached hydrogens (tertiary/aromatic N) is 2. The van der Waals surface area contributed by atoms with Crippen LogP contribution in [0.3, 0.4) is 0 Å².